The van der Waals surface area contributed by atoms with Crippen LogP contribution < -0.4 is 5.32 Å². The van der Waals surface area contributed by atoms with E-state index in [1.807, 2.05) is 0 Å². The molecule has 0 amide bonds. The fourth-order valence-electron chi connectivity index (χ4n) is 3.69. The fraction of sp³-hybridized carbons (Fsp3) is 0.684. The third-order valence-corrected chi connectivity index (χ3v) is 5.04. The van der Waals surface area contributed by atoms with E-state index < -0.39 is 0 Å². The van der Waals surface area contributed by atoms with Crippen LogP contribution in [0.3, 0.4) is 0 Å². The third kappa shape index (κ3) is 6.42. The van der Waals surface area contributed by atoms with Crippen LogP contribution in [-0.2, 0) is 11.2 Å². The molecule has 2 aliphatic rings. The van der Waals surface area contributed by atoms with Crippen molar-refractivity contribution < 1.29 is 4.74 Å². The number of nitrogens with zero attached hydrogens (tertiary/aromatic N) is 1. The lowest BCUT2D eigenvalue weighted by Crippen LogP contribution is -2.43. The quantitative estimate of drug-likeness (QED) is 0.862. The van der Waals surface area contributed by atoms with Crippen molar-refractivity contribution in [3.05, 3.63) is 35.9 Å². The molecule has 1 aromatic rings. The van der Waals surface area contributed by atoms with Gasteiger partial charge in [-0.05, 0) is 56.7 Å². The predicted octanol–water partition coefficient (Wildman–Crippen LogP) is 3.13. The predicted molar refractivity (Wildman–Crippen MR) is 98.4 cm³/mol. The van der Waals surface area contributed by atoms with Gasteiger partial charge in [0.25, 0.3) is 0 Å². The summed E-state index contributed by atoms with van der Waals surface area (Å²) >= 11 is 0. The second-order valence-electron chi connectivity index (χ2n) is 6.82. The molecule has 1 atom stereocenters. The summed E-state index contributed by atoms with van der Waals surface area (Å²) in [5.74, 6) is 0.865. The molecule has 0 spiro atoms. The van der Waals surface area contributed by atoms with Crippen molar-refractivity contribution in [2.45, 2.75) is 38.2 Å². The van der Waals surface area contributed by atoms with Gasteiger partial charge < -0.3 is 15.0 Å². The van der Waals surface area contributed by atoms with Crippen molar-refractivity contribution >= 4 is 12.4 Å². The Bertz CT molecular complexity index is 415. The van der Waals surface area contributed by atoms with Gasteiger partial charge in [-0.15, -0.1) is 12.4 Å². The smallest absolute Gasteiger partial charge is 0.0599 e. The topological polar surface area (TPSA) is 24.5 Å². The molecular weight excluding hydrogens is 308 g/mol. The van der Waals surface area contributed by atoms with Crippen molar-refractivity contribution in [3.8, 4) is 0 Å². The summed E-state index contributed by atoms with van der Waals surface area (Å²) in [4.78, 5) is 2.65. The van der Waals surface area contributed by atoms with Crippen molar-refractivity contribution in [2.75, 3.05) is 39.3 Å². The van der Waals surface area contributed by atoms with Gasteiger partial charge in [-0.25, -0.2) is 0 Å². The molecule has 0 bridgehead atoms. The van der Waals surface area contributed by atoms with Crippen LogP contribution in [0.4, 0.5) is 0 Å². The second-order valence-corrected chi connectivity index (χ2v) is 6.82. The van der Waals surface area contributed by atoms with E-state index in [1.165, 1.54) is 64.0 Å². The number of nitrogens with one attached hydrogen (secondary N) is 1. The Morgan fingerprint density at radius 2 is 1.87 bits per heavy atom. The lowest BCUT2D eigenvalue weighted by atomic mass is 9.97. The molecule has 3 nitrogen and oxygen atoms in total. The van der Waals surface area contributed by atoms with E-state index >= 15 is 0 Å². The van der Waals surface area contributed by atoms with Gasteiger partial charge in [0, 0.05) is 19.6 Å². The molecule has 2 heterocycles. The van der Waals surface area contributed by atoms with Crippen LogP contribution in [0, 0.1) is 5.92 Å². The monoisotopic (exact) mass is 338 g/mol. The zero-order valence-corrected chi connectivity index (χ0v) is 14.9. The summed E-state index contributed by atoms with van der Waals surface area (Å²) in [5, 5.41) is 3.53. The SMILES string of the molecule is Cl.c1ccc(CCOC2CCN(CC3CCCNC3)CC2)cc1. The number of piperidine rings is 2. The Hall–Kier alpha value is -0.610. The molecule has 0 saturated carbocycles. The van der Waals surface area contributed by atoms with Gasteiger partial charge in [0.1, 0.15) is 0 Å². The van der Waals surface area contributed by atoms with E-state index in [1.54, 1.807) is 0 Å². The Labute approximate surface area is 147 Å². The molecule has 1 unspecified atom stereocenters. The Kier molecular flexibility index (Phi) is 8.38. The van der Waals surface area contributed by atoms with Crippen LogP contribution in [0.15, 0.2) is 30.3 Å². The molecule has 2 aliphatic heterocycles. The number of rotatable bonds is 6. The maximum Gasteiger partial charge on any atom is 0.0599 e. The summed E-state index contributed by atoms with van der Waals surface area (Å²) in [7, 11) is 0. The Morgan fingerprint density at radius 1 is 1.09 bits per heavy atom. The molecule has 23 heavy (non-hydrogen) atoms. The Morgan fingerprint density at radius 3 is 2.57 bits per heavy atom. The number of hydrogen-bond acceptors (Lipinski definition) is 3. The van der Waals surface area contributed by atoms with E-state index in [2.05, 4.69) is 40.5 Å². The molecule has 2 fully saturated rings. The molecule has 0 radical (unpaired) electrons. The molecule has 0 aliphatic carbocycles. The Balaban J connectivity index is 0.00000192. The first kappa shape index (κ1) is 18.7. The standard InChI is InChI=1S/C19H30N2O.ClH/c1-2-5-17(6-3-1)10-14-22-19-8-12-21(13-9-19)16-18-7-4-11-20-15-18;/h1-3,5-6,18-20H,4,7-16H2;1H. The largest absolute Gasteiger partial charge is 0.378 e. The van der Waals surface area contributed by atoms with Gasteiger partial charge in [0.05, 0.1) is 12.7 Å². The normalized spacial score (nSPS) is 23.4. The molecule has 1 N–H and O–H groups in total. The van der Waals surface area contributed by atoms with Crippen LogP contribution in [-0.4, -0.2) is 50.3 Å². The first-order chi connectivity index (χ1) is 10.9. The minimum Gasteiger partial charge on any atom is -0.378 e. The zero-order chi connectivity index (χ0) is 15.0. The van der Waals surface area contributed by atoms with E-state index in [0.29, 0.717) is 6.10 Å². The number of hydrogen-bond donors (Lipinski definition) is 1. The van der Waals surface area contributed by atoms with Crippen LogP contribution in [0.25, 0.3) is 0 Å². The molecule has 4 heteroatoms. The highest BCUT2D eigenvalue weighted by Crippen LogP contribution is 2.18. The average molecular weight is 339 g/mol. The molecular formula is C19H31ClN2O. The van der Waals surface area contributed by atoms with Gasteiger partial charge in [0.15, 0.2) is 0 Å². The number of ether oxygens (including phenoxy) is 1. The van der Waals surface area contributed by atoms with Crippen LogP contribution in [0.5, 0.6) is 0 Å². The van der Waals surface area contributed by atoms with Crippen LogP contribution in [0.1, 0.15) is 31.2 Å². The van der Waals surface area contributed by atoms with Crippen molar-refractivity contribution in [2.24, 2.45) is 5.92 Å². The number of benzene rings is 1. The first-order valence-electron chi connectivity index (χ1n) is 8.99. The molecule has 130 valence electrons. The van der Waals surface area contributed by atoms with Gasteiger partial charge in [-0.3, -0.25) is 0 Å². The van der Waals surface area contributed by atoms with E-state index in [9.17, 15) is 0 Å². The third-order valence-electron chi connectivity index (χ3n) is 5.04. The van der Waals surface area contributed by atoms with E-state index in [-0.39, 0.29) is 12.4 Å². The molecule has 2 saturated heterocycles. The van der Waals surface area contributed by atoms with Crippen molar-refractivity contribution in [1.82, 2.24) is 10.2 Å². The average Bonchev–Trinajstić information content (AvgIpc) is 2.58. The maximum atomic E-state index is 6.09. The highest BCUT2D eigenvalue weighted by Gasteiger charge is 2.22. The minimum atomic E-state index is 0. The summed E-state index contributed by atoms with van der Waals surface area (Å²) < 4.78 is 6.09. The second kappa shape index (κ2) is 10.3. The highest BCUT2D eigenvalue weighted by atomic mass is 35.5. The molecule has 1 aromatic carbocycles. The number of likely N-dealkylation sites (tertiary alicyclic amines) is 1. The van der Waals surface area contributed by atoms with Crippen LogP contribution in [0.2, 0.25) is 0 Å². The first-order valence-corrected chi connectivity index (χ1v) is 8.99. The van der Waals surface area contributed by atoms with Gasteiger partial charge >= 0.3 is 0 Å². The van der Waals surface area contributed by atoms with Gasteiger partial charge in [-0.1, -0.05) is 30.3 Å². The van der Waals surface area contributed by atoms with Gasteiger partial charge in [0.2, 0.25) is 0 Å². The van der Waals surface area contributed by atoms with Crippen molar-refractivity contribution in [3.63, 3.8) is 0 Å². The lowest BCUT2D eigenvalue weighted by Gasteiger charge is -2.35. The van der Waals surface area contributed by atoms with Crippen molar-refractivity contribution in [1.29, 1.82) is 0 Å². The fourth-order valence-corrected chi connectivity index (χ4v) is 3.69. The highest BCUT2D eigenvalue weighted by molar-refractivity contribution is 5.85. The summed E-state index contributed by atoms with van der Waals surface area (Å²) in [6.07, 6.45) is 6.67. The summed E-state index contributed by atoms with van der Waals surface area (Å²) in [5.41, 5.74) is 1.38. The van der Waals surface area contributed by atoms with Crippen LogP contribution >= 0.6 is 12.4 Å². The lowest BCUT2D eigenvalue weighted by molar-refractivity contribution is 0.00539. The van der Waals surface area contributed by atoms with E-state index in [0.717, 1.165) is 18.9 Å². The maximum absolute atomic E-state index is 6.09. The summed E-state index contributed by atoms with van der Waals surface area (Å²) in [6.45, 7) is 7.01. The van der Waals surface area contributed by atoms with E-state index in [4.69, 9.17) is 4.74 Å². The molecule has 0 aromatic heterocycles. The van der Waals surface area contributed by atoms with Gasteiger partial charge in [-0.2, -0.15) is 0 Å². The molecule has 3 rings (SSSR count). The number of halogens is 1. The minimum absolute atomic E-state index is 0. The summed E-state index contributed by atoms with van der Waals surface area (Å²) in [6, 6.07) is 10.7. The zero-order valence-electron chi connectivity index (χ0n) is 14.1.